The van der Waals surface area contributed by atoms with E-state index in [0.717, 1.165) is 28.7 Å². The van der Waals surface area contributed by atoms with E-state index in [4.69, 9.17) is 0 Å². The molecule has 1 aromatic carbocycles. The fourth-order valence-electron chi connectivity index (χ4n) is 1.72. The second-order valence-corrected chi connectivity index (χ2v) is 6.44. The Labute approximate surface area is 119 Å². The van der Waals surface area contributed by atoms with Crippen molar-refractivity contribution in [1.29, 1.82) is 0 Å². The van der Waals surface area contributed by atoms with Gasteiger partial charge in [0.05, 0.1) is 4.90 Å². The van der Waals surface area contributed by atoms with E-state index >= 15 is 0 Å². The van der Waals surface area contributed by atoms with Crippen LogP contribution < -0.4 is 5.56 Å². The number of H-pyrrole nitrogens is 1. The van der Waals surface area contributed by atoms with E-state index in [-0.39, 0.29) is 11.4 Å². The van der Waals surface area contributed by atoms with Crippen LogP contribution in [0.1, 0.15) is 5.56 Å². The number of hydrogen-bond acceptors (Lipinski definition) is 3. The Morgan fingerprint density at radius 2 is 1.86 bits per heavy atom. The maximum atomic E-state index is 13.1. The molecule has 1 N–H and O–H groups in total. The number of sulfonamides is 1. The van der Waals surface area contributed by atoms with Gasteiger partial charge in [0.2, 0.25) is 15.6 Å². The largest absolute Gasteiger partial charge is 0.328 e. The number of pyridine rings is 1. The molecular weight excluding hydrogens is 302 g/mol. The van der Waals surface area contributed by atoms with Crippen LogP contribution in [0.4, 0.5) is 8.78 Å². The molecule has 21 heavy (non-hydrogen) atoms. The molecule has 0 aliphatic carbocycles. The molecule has 112 valence electrons. The fourth-order valence-corrected chi connectivity index (χ4v) is 2.84. The maximum Gasteiger partial charge on any atom is 0.247 e. The molecular formula is C13H12F2N2O3S. The summed E-state index contributed by atoms with van der Waals surface area (Å²) < 4.78 is 51.4. The first-order chi connectivity index (χ1) is 9.80. The predicted octanol–water partition coefficient (Wildman–Crippen LogP) is 1.47. The van der Waals surface area contributed by atoms with Gasteiger partial charge >= 0.3 is 0 Å². The van der Waals surface area contributed by atoms with Gasteiger partial charge < -0.3 is 4.98 Å². The summed E-state index contributed by atoms with van der Waals surface area (Å²) in [6, 6.07) is 5.45. The van der Waals surface area contributed by atoms with Gasteiger partial charge in [-0.05, 0) is 23.8 Å². The Hall–Kier alpha value is -2.06. The fraction of sp³-hybridized carbons (Fsp3) is 0.154. The maximum absolute atomic E-state index is 13.1. The Balaban J connectivity index is 2.26. The highest BCUT2D eigenvalue weighted by Crippen LogP contribution is 2.16. The predicted molar refractivity (Wildman–Crippen MR) is 72.1 cm³/mol. The van der Waals surface area contributed by atoms with Crippen LogP contribution in [0.25, 0.3) is 0 Å². The van der Waals surface area contributed by atoms with Crippen molar-refractivity contribution in [2.45, 2.75) is 11.4 Å². The lowest BCUT2D eigenvalue weighted by molar-refractivity contribution is 0.461. The van der Waals surface area contributed by atoms with Gasteiger partial charge in [-0.1, -0.05) is 6.07 Å². The molecule has 0 saturated heterocycles. The van der Waals surface area contributed by atoms with Crippen molar-refractivity contribution in [3.63, 3.8) is 0 Å². The number of halogens is 2. The van der Waals surface area contributed by atoms with Crippen LogP contribution >= 0.6 is 0 Å². The van der Waals surface area contributed by atoms with Crippen molar-refractivity contribution in [2.24, 2.45) is 0 Å². The van der Waals surface area contributed by atoms with Gasteiger partial charge in [-0.25, -0.2) is 17.2 Å². The summed E-state index contributed by atoms with van der Waals surface area (Å²) in [7, 11) is -2.52. The Bertz CT molecular complexity index is 798. The standard InChI is InChI=1S/C13H12F2N2O3S/c1-17(8-9-2-4-11(14)12(15)6-9)21(19,20)10-3-5-13(18)16-7-10/h2-7H,8H2,1H3,(H,16,18). The Morgan fingerprint density at radius 3 is 2.43 bits per heavy atom. The quantitative estimate of drug-likeness (QED) is 0.929. The zero-order chi connectivity index (χ0) is 15.6. The minimum atomic E-state index is -3.83. The highest BCUT2D eigenvalue weighted by atomic mass is 32.2. The molecule has 0 aliphatic rings. The summed E-state index contributed by atoms with van der Waals surface area (Å²) in [4.78, 5) is 13.1. The molecule has 0 saturated carbocycles. The molecule has 8 heteroatoms. The first-order valence-corrected chi connectivity index (χ1v) is 7.34. The summed E-state index contributed by atoms with van der Waals surface area (Å²) >= 11 is 0. The van der Waals surface area contributed by atoms with Crippen molar-refractivity contribution in [1.82, 2.24) is 9.29 Å². The number of aromatic nitrogens is 1. The summed E-state index contributed by atoms with van der Waals surface area (Å²) in [6.07, 6.45) is 1.08. The van der Waals surface area contributed by atoms with Crippen LogP contribution in [0.3, 0.4) is 0 Å². The lowest BCUT2D eigenvalue weighted by Gasteiger charge is -2.17. The van der Waals surface area contributed by atoms with Crippen LogP contribution in [0.15, 0.2) is 46.2 Å². The molecule has 5 nitrogen and oxygen atoms in total. The van der Waals surface area contributed by atoms with E-state index in [1.54, 1.807) is 0 Å². The summed E-state index contributed by atoms with van der Waals surface area (Å²) in [5, 5.41) is 0. The smallest absolute Gasteiger partial charge is 0.247 e. The summed E-state index contributed by atoms with van der Waals surface area (Å²) in [5.41, 5.74) is -0.110. The molecule has 1 heterocycles. The van der Waals surface area contributed by atoms with Gasteiger partial charge in [0, 0.05) is 25.9 Å². The van der Waals surface area contributed by atoms with Crippen LogP contribution in [0, 0.1) is 11.6 Å². The van der Waals surface area contributed by atoms with Crippen molar-refractivity contribution >= 4 is 10.0 Å². The first-order valence-electron chi connectivity index (χ1n) is 5.90. The monoisotopic (exact) mass is 314 g/mol. The van der Waals surface area contributed by atoms with Gasteiger partial charge in [-0.15, -0.1) is 0 Å². The highest BCUT2D eigenvalue weighted by Gasteiger charge is 2.21. The molecule has 1 aromatic heterocycles. The number of rotatable bonds is 4. The van der Waals surface area contributed by atoms with Crippen LogP contribution in [0.2, 0.25) is 0 Å². The van der Waals surface area contributed by atoms with Gasteiger partial charge in [-0.3, -0.25) is 4.79 Å². The minimum Gasteiger partial charge on any atom is -0.328 e. The molecule has 0 amide bonds. The molecule has 2 aromatic rings. The molecule has 0 bridgehead atoms. The topological polar surface area (TPSA) is 70.2 Å². The Kier molecular flexibility index (Phi) is 4.19. The zero-order valence-corrected chi connectivity index (χ0v) is 11.8. The van der Waals surface area contributed by atoms with Crippen LogP contribution in [-0.2, 0) is 16.6 Å². The minimum absolute atomic E-state index is 0.0906. The number of nitrogens with zero attached hydrogens (tertiary/aromatic N) is 1. The number of benzene rings is 1. The second kappa shape index (κ2) is 5.74. The number of aromatic amines is 1. The van der Waals surface area contributed by atoms with Gasteiger partial charge in [0.15, 0.2) is 11.6 Å². The third-order valence-corrected chi connectivity index (χ3v) is 4.65. The molecule has 0 radical (unpaired) electrons. The zero-order valence-electron chi connectivity index (χ0n) is 11.0. The van der Waals surface area contributed by atoms with Crippen molar-refractivity contribution in [2.75, 3.05) is 7.05 Å². The van der Waals surface area contributed by atoms with E-state index in [0.29, 0.717) is 5.56 Å². The molecule has 0 unspecified atom stereocenters. The van der Waals surface area contributed by atoms with Crippen molar-refractivity contribution in [3.05, 3.63) is 64.1 Å². The van der Waals surface area contributed by atoms with E-state index in [2.05, 4.69) is 4.98 Å². The third kappa shape index (κ3) is 3.34. The van der Waals surface area contributed by atoms with E-state index in [1.165, 1.54) is 19.2 Å². The SMILES string of the molecule is CN(Cc1ccc(F)c(F)c1)S(=O)(=O)c1ccc(=O)[nH]c1. The summed E-state index contributed by atoms with van der Waals surface area (Å²) in [5.74, 6) is -2.03. The molecule has 2 rings (SSSR count). The molecule has 0 fully saturated rings. The molecule has 0 aliphatic heterocycles. The number of hydrogen-bond donors (Lipinski definition) is 1. The lowest BCUT2D eigenvalue weighted by Crippen LogP contribution is -2.27. The molecule has 0 atom stereocenters. The average molecular weight is 314 g/mol. The van der Waals surface area contributed by atoms with Gasteiger partial charge in [-0.2, -0.15) is 4.31 Å². The Morgan fingerprint density at radius 1 is 1.14 bits per heavy atom. The van der Waals surface area contributed by atoms with Gasteiger partial charge in [0.1, 0.15) is 0 Å². The first kappa shape index (κ1) is 15.3. The van der Waals surface area contributed by atoms with E-state index in [9.17, 15) is 22.0 Å². The average Bonchev–Trinajstić information content (AvgIpc) is 2.43. The van der Waals surface area contributed by atoms with Crippen molar-refractivity contribution < 1.29 is 17.2 Å². The third-order valence-electron chi connectivity index (χ3n) is 2.85. The van der Waals surface area contributed by atoms with Crippen LogP contribution in [0.5, 0.6) is 0 Å². The van der Waals surface area contributed by atoms with Gasteiger partial charge in [0.25, 0.3) is 0 Å². The van der Waals surface area contributed by atoms with E-state index in [1.807, 2.05) is 0 Å². The van der Waals surface area contributed by atoms with E-state index < -0.39 is 27.2 Å². The normalized spacial score (nSPS) is 11.8. The van der Waals surface area contributed by atoms with Crippen molar-refractivity contribution in [3.8, 4) is 0 Å². The summed E-state index contributed by atoms with van der Waals surface area (Å²) in [6.45, 7) is -0.126. The molecule has 0 spiro atoms. The number of nitrogens with one attached hydrogen (secondary N) is 1. The second-order valence-electron chi connectivity index (χ2n) is 4.40. The highest BCUT2D eigenvalue weighted by molar-refractivity contribution is 7.89. The lowest BCUT2D eigenvalue weighted by atomic mass is 10.2. The van der Waals surface area contributed by atoms with Crippen LogP contribution in [-0.4, -0.2) is 24.8 Å².